The van der Waals surface area contributed by atoms with Crippen LogP contribution < -0.4 is 0 Å². The molecule has 0 radical (unpaired) electrons. The number of aliphatic imine (C=N–C) groups is 3. The van der Waals surface area contributed by atoms with Gasteiger partial charge in [0.05, 0.1) is 6.54 Å². The third kappa shape index (κ3) is 5.69. The summed E-state index contributed by atoms with van der Waals surface area (Å²) in [5, 5.41) is 2.68. The van der Waals surface area contributed by atoms with Gasteiger partial charge in [-0.05, 0) is 103 Å². The second-order valence-corrected chi connectivity index (χ2v) is 14.2. The largest absolute Gasteiger partial charge is 0.265 e. The number of nitrogens with zero attached hydrogens (tertiary/aromatic N) is 3. The number of thiophene rings is 1. The van der Waals surface area contributed by atoms with Gasteiger partial charge in [0.25, 0.3) is 0 Å². The minimum Gasteiger partial charge on any atom is -0.265 e. The van der Waals surface area contributed by atoms with Crippen molar-refractivity contribution in [2.75, 3.05) is 6.54 Å². The molecule has 0 bridgehead atoms. The highest BCUT2D eigenvalue weighted by molar-refractivity contribution is 7.26. The molecule has 1 atom stereocenters. The molecule has 4 heteroatoms. The molecule has 4 aromatic carbocycles. The standard InChI is InChI=1S/C44H37N3S/c1-44(25-10-3-4-11-26-44)29-46-43(30-15-6-5-7-16-30)47-42(45-2)31-17-12-19-33-32(27-31)28-39-34(33)20-13-21-35(39)37-22-14-23-38-36-18-8-9-24-40(36)48-41(37)38/h3-9,13-16,18,20-24,27H,2,10,12,17,19,25,28-29H2,1H3/b46-43-,47-42-. The number of amidine groups is 2. The minimum atomic E-state index is -0.199. The molecule has 1 unspecified atom stereocenters. The number of benzene rings is 4. The van der Waals surface area contributed by atoms with Crippen molar-refractivity contribution in [2.45, 2.75) is 45.4 Å². The van der Waals surface area contributed by atoms with E-state index >= 15 is 0 Å². The Balaban J connectivity index is 1.16. The monoisotopic (exact) mass is 639 g/mol. The molecule has 0 saturated heterocycles. The Bertz CT molecular complexity index is 2300. The van der Waals surface area contributed by atoms with Crippen LogP contribution in [0.15, 0.2) is 135 Å². The average Bonchev–Trinajstić information content (AvgIpc) is 3.49. The maximum absolute atomic E-state index is 5.14. The Labute approximate surface area is 286 Å². The molecule has 3 nitrogen and oxygen atoms in total. The molecule has 0 spiro atoms. The lowest BCUT2D eigenvalue weighted by Crippen LogP contribution is -2.19. The topological polar surface area (TPSA) is 37.1 Å². The van der Waals surface area contributed by atoms with Crippen molar-refractivity contribution in [2.24, 2.45) is 20.4 Å². The zero-order chi connectivity index (χ0) is 32.5. The molecule has 0 N–H and O–H groups in total. The van der Waals surface area contributed by atoms with Gasteiger partial charge in [0.1, 0.15) is 0 Å². The summed E-state index contributed by atoms with van der Waals surface area (Å²) in [6, 6.07) is 32.6. The SMILES string of the molecule is C=N/C(=N\C(=N/CC1(C)C#CC=CCC1)c1ccccc1)C1=CC2=C(CCC1)c1cccc(-c3cccc4c3sc3ccccc34)c1C2. The predicted molar refractivity (Wildman–Crippen MR) is 206 cm³/mol. The molecule has 0 fully saturated rings. The molecule has 234 valence electrons. The summed E-state index contributed by atoms with van der Waals surface area (Å²) in [6.45, 7) is 6.77. The van der Waals surface area contributed by atoms with Crippen molar-refractivity contribution in [3.8, 4) is 23.0 Å². The summed E-state index contributed by atoms with van der Waals surface area (Å²) in [5.41, 5.74) is 10.2. The summed E-state index contributed by atoms with van der Waals surface area (Å²) < 4.78 is 2.70. The zero-order valence-corrected chi connectivity index (χ0v) is 28.1. The van der Waals surface area contributed by atoms with Crippen LogP contribution in [-0.4, -0.2) is 24.9 Å². The van der Waals surface area contributed by atoms with Crippen LogP contribution >= 0.6 is 11.3 Å². The fourth-order valence-corrected chi connectivity index (χ4v) is 8.60. The van der Waals surface area contributed by atoms with E-state index in [0.717, 1.165) is 49.7 Å². The van der Waals surface area contributed by atoms with Crippen molar-refractivity contribution in [1.29, 1.82) is 0 Å². The van der Waals surface area contributed by atoms with Crippen molar-refractivity contribution in [3.05, 3.63) is 137 Å². The molecule has 3 aliphatic rings. The molecule has 48 heavy (non-hydrogen) atoms. The van der Waals surface area contributed by atoms with Crippen LogP contribution in [0, 0.1) is 17.3 Å². The van der Waals surface area contributed by atoms with Crippen LogP contribution in [0.4, 0.5) is 0 Å². The Hall–Kier alpha value is -5.11. The van der Waals surface area contributed by atoms with Crippen molar-refractivity contribution in [3.63, 3.8) is 0 Å². The Morgan fingerprint density at radius 2 is 1.65 bits per heavy atom. The fraction of sp³-hybridized carbons (Fsp3) is 0.205. The van der Waals surface area contributed by atoms with E-state index in [1.165, 1.54) is 53.6 Å². The molecular weight excluding hydrogens is 603 g/mol. The van der Waals surface area contributed by atoms with Gasteiger partial charge in [-0.25, -0.2) is 9.98 Å². The van der Waals surface area contributed by atoms with Gasteiger partial charge in [-0.3, -0.25) is 4.99 Å². The summed E-state index contributed by atoms with van der Waals surface area (Å²) in [6.07, 6.45) is 12.3. The second kappa shape index (κ2) is 12.8. The zero-order valence-electron chi connectivity index (χ0n) is 27.3. The van der Waals surface area contributed by atoms with Crippen molar-refractivity contribution in [1.82, 2.24) is 0 Å². The number of hydrogen-bond donors (Lipinski definition) is 0. The van der Waals surface area contributed by atoms with E-state index in [4.69, 9.17) is 9.98 Å². The maximum Gasteiger partial charge on any atom is 0.157 e. The normalized spacial score (nSPS) is 19.3. The first-order valence-corrected chi connectivity index (χ1v) is 17.7. The molecule has 0 amide bonds. The van der Waals surface area contributed by atoms with Gasteiger partial charge in [-0.2, -0.15) is 0 Å². The molecule has 1 heterocycles. The van der Waals surface area contributed by atoms with E-state index in [-0.39, 0.29) is 5.41 Å². The summed E-state index contributed by atoms with van der Waals surface area (Å²) in [4.78, 5) is 14.8. The summed E-state index contributed by atoms with van der Waals surface area (Å²) in [7, 11) is 0. The molecule has 1 aromatic heterocycles. The van der Waals surface area contributed by atoms with Crippen LogP contribution in [-0.2, 0) is 6.42 Å². The maximum atomic E-state index is 5.14. The molecule has 8 rings (SSSR count). The van der Waals surface area contributed by atoms with E-state index in [1.807, 2.05) is 35.6 Å². The van der Waals surface area contributed by atoms with Gasteiger partial charge in [-0.1, -0.05) is 109 Å². The quantitative estimate of drug-likeness (QED) is 0.104. The Morgan fingerprint density at radius 3 is 2.54 bits per heavy atom. The van der Waals surface area contributed by atoms with Crippen molar-refractivity contribution >= 4 is 55.5 Å². The molecule has 3 aliphatic carbocycles. The Morgan fingerprint density at radius 1 is 0.854 bits per heavy atom. The van der Waals surface area contributed by atoms with E-state index in [1.54, 1.807) is 0 Å². The van der Waals surface area contributed by atoms with Crippen LogP contribution in [0.1, 0.15) is 55.7 Å². The van der Waals surface area contributed by atoms with Gasteiger partial charge < -0.3 is 0 Å². The first kappa shape index (κ1) is 30.2. The number of allylic oxidation sites excluding steroid dienone is 5. The lowest BCUT2D eigenvalue weighted by molar-refractivity contribution is 0.430. The third-order valence-corrected chi connectivity index (χ3v) is 11.1. The predicted octanol–water partition coefficient (Wildman–Crippen LogP) is 11.0. The fourth-order valence-electron chi connectivity index (χ4n) is 7.37. The summed E-state index contributed by atoms with van der Waals surface area (Å²) >= 11 is 1.90. The highest BCUT2D eigenvalue weighted by atomic mass is 32.1. The van der Waals surface area contributed by atoms with Crippen LogP contribution in [0.5, 0.6) is 0 Å². The Kier molecular flexibility index (Phi) is 8.08. The molecule has 0 aliphatic heterocycles. The highest BCUT2D eigenvalue weighted by Crippen LogP contribution is 2.46. The molecule has 5 aromatic rings. The third-order valence-electron chi connectivity index (χ3n) is 9.87. The first-order valence-electron chi connectivity index (χ1n) is 16.9. The van der Waals surface area contributed by atoms with Gasteiger partial charge in [-0.15, -0.1) is 11.3 Å². The summed E-state index contributed by atoms with van der Waals surface area (Å²) in [5.74, 6) is 7.97. The lowest BCUT2D eigenvalue weighted by atomic mass is 9.87. The number of rotatable bonds is 5. The lowest BCUT2D eigenvalue weighted by Gasteiger charge is -2.20. The first-order chi connectivity index (χ1) is 23.6. The molecule has 0 saturated carbocycles. The van der Waals surface area contributed by atoms with Gasteiger partial charge in [0, 0.05) is 31.2 Å². The highest BCUT2D eigenvalue weighted by Gasteiger charge is 2.27. The number of fused-ring (bicyclic) bond motifs is 5. The van der Waals surface area contributed by atoms with E-state index in [9.17, 15) is 0 Å². The van der Waals surface area contributed by atoms with Crippen molar-refractivity contribution < 1.29 is 0 Å². The number of hydrogen-bond acceptors (Lipinski definition) is 2. The van der Waals surface area contributed by atoms with E-state index in [2.05, 4.69) is 115 Å². The minimum absolute atomic E-state index is 0.199. The van der Waals surface area contributed by atoms with Gasteiger partial charge >= 0.3 is 0 Å². The van der Waals surface area contributed by atoms with Crippen LogP contribution in [0.3, 0.4) is 0 Å². The van der Waals surface area contributed by atoms with E-state index in [0.29, 0.717) is 18.2 Å². The van der Waals surface area contributed by atoms with Crippen LogP contribution in [0.25, 0.3) is 36.9 Å². The van der Waals surface area contributed by atoms with Gasteiger partial charge in [0.2, 0.25) is 0 Å². The van der Waals surface area contributed by atoms with Gasteiger partial charge in [0.15, 0.2) is 11.7 Å². The second-order valence-electron chi connectivity index (χ2n) is 13.2. The van der Waals surface area contributed by atoms with E-state index < -0.39 is 0 Å². The smallest absolute Gasteiger partial charge is 0.157 e. The van der Waals surface area contributed by atoms with Crippen LogP contribution in [0.2, 0.25) is 0 Å². The average molecular weight is 640 g/mol. The molecular formula is C44H37N3S.